The van der Waals surface area contributed by atoms with Crippen molar-refractivity contribution in [3.8, 4) is 11.6 Å². The summed E-state index contributed by atoms with van der Waals surface area (Å²) in [5.74, 6) is -0.743. The fourth-order valence-corrected chi connectivity index (χ4v) is 2.52. The highest BCUT2D eigenvalue weighted by Crippen LogP contribution is 2.35. The summed E-state index contributed by atoms with van der Waals surface area (Å²) in [6, 6.07) is 11.4. The van der Waals surface area contributed by atoms with E-state index in [0.717, 1.165) is 15.2 Å². The number of nitrogens with zero attached hydrogens (tertiary/aromatic N) is 2. The lowest BCUT2D eigenvalue weighted by molar-refractivity contribution is 0.0686. The fourth-order valence-electron chi connectivity index (χ4n) is 1.94. The van der Waals surface area contributed by atoms with Crippen LogP contribution in [0.5, 0.6) is 11.6 Å². The average molecular weight is 345 g/mol. The van der Waals surface area contributed by atoms with Crippen LogP contribution in [0.3, 0.4) is 0 Å². The highest BCUT2D eigenvalue weighted by molar-refractivity contribution is 9.10. The van der Waals surface area contributed by atoms with E-state index in [1.807, 2.05) is 30.3 Å². The summed E-state index contributed by atoms with van der Waals surface area (Å²) in [5.41, 5.74) is -0.224. The van der Waals surface area contributed by atoms with Crippen molar-refractivity contribution in [1.82, 2.24) is 9.97 Å². The maximum absolute atomic E-state index is 11.1. The maximum Gasteiger partial charge on any atom is 0.360 e. The Morgan fingerprint density at radius 3 is 2.67 bits per heavy atom. The Bertz CT molecular complexity index is 836. The highest BCUT2D eigenvalue weighted by Gasteiger charge is 2.16. The second-order valence-electron chi connectivity index (χ2n) is 4.22. The van der Waals surface area contributed by atoms with Gasteiger partial charge in [0.15, 0.2) is 0 Å². The number of carbonyl (C=O) groups is 1. The third kappa shape index (κ3) is 2.57. The van der Waals surface area contributed by atoms with Crippen molar-refractivity contribution in [2.75, 3.05) is 0 Å². The molecule has 1 N–H and O–H groups in total. The minimum absolute atomic E-state index is 0.0408. The van der Waals surface area contributed by atoms with Gasteiger partial charge >= 0.3 is 5.97 Å². The number of carboxylic acid groups (broad SMARTS) is 1. The molecule has 104 valence electrons. The van der Waals surface area contributed by atoms with Gasteiger partial charge in [-0.3, -0.25) is 0 Å². The van der Waals surface area contributed by atoms with Crippen molar-refractivity contribution in [3.63, 3.8) is 0 Å². The van der Waals surface area contributed by atoms with Crippen molar-refractivity contribution in [3.05, 3.63) is 59.0 Å². The van der Waals surface area contributed by atoms with Gasteiger partial charge in [0.25, 0.3) is 5.88 Å². The van der Waals surface area contributed by atoms with E-state index in [1.165, 1.54) is 12.4 Å². The number of hydrogen-bond donors (Lipinski definition) is 1. The van der Waals surface area contributed by atoms with E-state index in [-0.39, 0.29) is 11.6 Å². The van der Waals surface area contributed by atoms with Gasteiger partial charge in [-0.15, -0.1) is 0 Å². The minimum atomic E-state index is -1.19. The molecule has 0 aliphatic heterocycles. The molecule has 2 aromatic carbocycles. The molecule has 0 amide bonds. The largest absolute Gasteiger partial charge is 0.476 e. The Morgan fingerprint density at radius 1 is 1.10 bits per heavy atom. The first kappa shape index (κ1) is 13.5. The second-order valence-corrected chi connectivity index (χ2v) is 5.01. The van der Waals surface area contributed by atoms with Crippen LogP contribution in [0, 0.1) is 0 Å². The molecule has 3 aromatic rings. The van der Waals surface area contributed by atoms with Crippen LogP contribution in [0.25, 0.3) is 10.8 Å². The molecule has 0 fully saturated rings. The van der Waals surface area contributed by atoms with E-state index >= 15 is 0 Å². The monoisotopic (exact) mass is 344 g/mol. The van der Waals surface area contributed by atoms with Gasteiger partial charge in [-0.25, -0.2) is 14.8 Å². The van der Waals surface area contributed by atoms with Crippen molar-refractivity contribution in [1.29, 1.82) is 0 Å². The number of rotatable bonds is 3. The minimum Gasteiger partial charge on any atom is -0.476 e. The van der Waals surface area contributed by atoms with Crippen LogP contribution >= 0.6 is 15.9 Å². The molecule has 21 heavy (non-hydrogen) atoms. The Labute approximate surface area is 128 Å². The molecule has 5 nitrogen and oxygen atoms in total. The van der Waals surface area contributed by atoms with Gasteiger partial charge < -0.3 is 9.84 Å². The van der Waals surface area contributed by atoms with Gasteiger partial charge in [0.2, 0.25) is 5.69 Å². The van der Waals surface area contributed by atoms with Crippen LogP contribution in [-0.4, -0.2) is 21.0 Å². The van der Waals surface area contributed by atoms with Crippen LogP contribution in [0.4, 0.5) is 0 Å². The van der Waals surface area contributed by atoms with E-state index in [9.17, 15) is 4.79 Å². The molecule has 1 aromatic heterocycles. The third-order valence-corrected chi connectivity index (χ3v) is 3.72. The number of benzene rings is 2. The van der Waals surface area contributed by atoms with Crippen LogP contribution in [-0.2, 0) is 0 Å². The molecule has 1 heterocycles. The zero-order chi connectivity index (χ0) is 14.8. The lowest BCUT2D eigenvalue weighted by Crippen LogP contribution is -2.04. The number of fused-ring (bicyclic) bond motifs is 1. The Balaban J connectivity index is 2.07. The van der Waals surface area contributed by atoms with Crippen molar-refractivity contribution in [2.45, 2.75) is 0 Å². The topological polar surface area (TPSA) is 72.3 Å². The molecule has 0 unspecified atom stereocenters. The quantitative estimate of drug-likeness (QED) is 0.780. The van der Waals surface area contributed by atoms with E-state index in [2.05, 4.69) is 25.9 Å². The molecule has 0 atom stereocenters. The molecule has 3 rings (SSSR count). The summed E-state index contributed by atoms with van der Waals surface area (Å²) in [7, 11) is 0. The van der Waals surface area contributed by atoms with Gasteiger partial charge in [-0.05, 0) is 32.8 Å². The standard InChI is InChI=1S/C15H9BrN2O3/c16-12-10-4-2-1-3-9(10)5-6-11(12)21-14-13(15(19)20)17-7-8-18-14/h1-8H,(H,19,20). The lowest BCUT2D eigenvalue weighted by Gasteiger charge is -2.10. The number of halogens is 1. The van der Waals surface area contributed by atoms with Crippen LogP contribution in [0.2, 0.25) is 0 Å². The maximum atomic E-state index is 11.1. The fraction of sp³-hybridized carbons (Fsp3) is 0. The van der Waals surface area contributed by atoms with Crippen LogP contribution in [0.15, 0.2) is 53.3 Å². The number of aromatic nitrogens is 2. The van der Waals surface area contributed by atoms with Gasteiger partial charge in [-0.2, -0.15) is 0 Å². The first-order valence-corrected chi connectivity index (χ1v) is 6.85. The smallest absolute Gasteiger partial charge is 0.360 e. The van der Waals surface area contributed by atoms with Gasteiger partial charge in [0, 0.05) is 12.4 Å². The summed E-state index contributed by atoms with van der Waals surface area (Å²) in [5, 5.41) is 11.1. The summed E-state index contributed by atoms with van der Waals surface area (Å²) >= 11 is 3.48. The highest BCUT2D eigenvalue weighted by atomic mass is 79.9. The number of aromatic carboxylic acids is 1. The molecule has 0 aliphatic carbocycles. The number of carboxylic acids is 1. The first-order chi connectivity index (χ1) is 10.2. The van der Waals surface area contributed by atoms with Crippen molar-refractivity contribution < 1.29 is 14.6 Å². The van der Waals surface area contributed by atoms with Crippen molar-refractivity contribution >= 4 is 32.7 Å². The van der Waals surface area contributed by atoms with E-state index in [0.29, 0.717) is 5.75 Å². The normalized spacial score (nSPS) is 10.5. The second kappa shape index (κ2) is 5.49. The van der Waals surface area contributed by atoms with E-state index < -0.39 is 5.97 Å². The predicted molar refractivity (Wildman–Crippen MR) is 80.7 cm³/mol. The molecule has 0 saturated heterocycles. The van der Waals surface area contributed by atoms with E-state index in [4.69, 9.17) is 9.84 Å². The molecular formula is C15H9BrN2O3. The van der Waals surface area contributed by atoms with Gasteiger partial charge in [0.05, 0.1) is 4.47 Å². The molecule has 0 spiro atoms. The SMILES string of the molecule is O=C(O)c1nccnc1Oc1ccc2ccccc2c1Br. The van der Waals surface area contributed by atoms with Gasteiger partial charge in [-0.1, -0.05) is 30.3 Å². The Hall–Kier alpha value is -2.47. The summed E-state index contributed by atoms with van der Waals surface area (Å²) < 4.78 is 6.35. The molecule has 0 aliphatic rings. The summed E-state index contributed by atoms with van der Waals surface area (Å²) in [4.78, 5) is 18.8. The lowest BCUT2D eigenvalue weighted by atomic mass is 10.1. The summed E-state index contributed by atoms with van der Waals surface area (Å²) in [6.07, 6.45) is 2.70. The Morgan fingerprint density at radius 2 is 1.86 bits per heavy atom. The Kier molecular flexibility index (Phi) is 3.53. The predicted octanol–water partition coefficient (Wildman–Crippen LogP) is 3.88. The number of hydrogen-bond acceptors (Lipinski definition) is 4. The average Bonchev–Trinajstić information content (AvgIpc) is 2.51. The van der Waals surface area contributed by atoms with Crippen LogP contribution in [0.1, 0.15) is 10.5 Å². The molecule has 6 heteroatoms. The molecule has 0 radical (unpaired) electrons. The third-order valence-electron chi connectivity index (χ3n) is 2.90. The first-order valence-electron chi connectivity index (χ1n) is 6.06. The van der Waals surface area contributed by atoms with Gasteiger partial charge in [0.1, 0.15) is 5.75 Å². The zero-order valence-electron chi connectivity index (χ0n) is 10.7. The molecular weight excluding hydrogens is 336 g/mol. The van der Waals surface area contributed by atoms with Crippen molar-refractivity contribution in [2.24, 2.45) is 0 Å². The number of ether oxygens (including phenoxy) is 1. The van der Waals surface area contributed by atoms with Crippen LogP contribution < -0.4 is 4.74 Å². The zero-order valence-corrected chi connectivity index (χ0v) is 12.2. The molecule has 0 bridgehead atoms. The molecule has 0 saturated carbocycles. The van der Waals surface area contributed by atoms with E-state index in [1.54, 1.807) is 6.07 Å². The summed E-state index contributed by atoms with van der Waals surface area (Å²) in [6.45, 7) is 0.